The predicted octanol–water partition coefficient (Wildman–Crippen LogP) is 18.7. The lowest BCUT2D eigenvalue weighted by Crippen LogP contribution is -2.60. The van der Waals surface area contributed by atoms with E-state index in [2.05, 4.69) is 14.2 Å². The molecule has 9 rings (SSSR count). The molecule has 0 aliphatic carbocycles. The quantitative estimate of drug-likeness (QED) is 0.0189. The number of halogens is 28. The smallest absolute Gasteiger partial charge is 0.429 e. The van der Waals surface area contributed by atoms with Gasteiger partial charge in [-0.05, 0) is 182 Å². The molecule has 0 amide bonds. The standard InChI is InChI=1S/C26H20F10O6S2.C26H21F9O6S2.C25H19F9O6S2/c27-23(28,26(35,36)44(38,39)40)14-15-41-17-6-10-20(11-7-17)43(19-4-2-1-3-5-19)21-12-8-18(9-13-21)42-16-22(37,24(29,30)31)25(32,33)34;27-22(24(28,29)43(37,38)39)14-15-40-17-6-10-20(11-7-17)42(19-4-2-1-3-5-19)21-12-8-18(9-13-21)41-16-23(36,25(30,31)32)26(33,34)35;26-21(23(27,28)42(36,37)38)14-39-16-6-10-19(11-7-16)41(18-4-2-1-3-5-18)20-12-8-17(9-13-20)40-15-22(35,24(29,30)31)25(32,33)34/h1-13,37H,14-16H2;1-13,22,36H,14-16H2;1-13,21,35H,14-15H2. The summed E-state index contributed by atoms with van der Waals surface area (Å²) < 4.78 is 491. The first-order chi connectivity index (χ1) is 59.2. The lowest BCUT2D eigenvalue weighted by Gasteiger charge is -2.31. The SMILES string of the molecule is O=S(=O)([O-])C(F)(F)C(F)(F)CCOc1ccc([S+](c2ccccc2)c2ccc(OCC(O)(C(F)(F)F)C(F)(F)F)cc2)cc1.O=S(=O)([O-])C(F)(F)C(F)CCOc1ccc([S+](c2ccccc2)c2ccc(OCC(O)(C(F)(F)F)C(F)(F)F)cc2)cc1.O=S(=O)([O-])C(F)(F)C(F)COc1ccc([S+](c2ccccc2)c2ccc(OCC(O)(C(F)(F)F)C(F)(F)F)cc2)cc1. The Morgan fingerprint density at radius 3 is 0.690 bits per heavy atom. The molecule has 3 N–H and O–H groups in total. The largest absolute Gasteiger partial charge is 0.743 e. The zero-order valence-corrected chi connectivity index (χ0v) is 68.7. The van der Waals surface area contributed by atoms with Crippen molar-refractivity contribution in [1.29, 1.82) is 0 Å². The molecular weight excluding hydrogens is 1940 g/mol. The maximum atomic E-state index is 13.7. The molecule has 129 heavy (non-hydrogen) atoms. The van der Waals surface area contributed by atoms with Crippen LogP contribution in [0.25, 0.3) is 0 Å². The molecule has 18 nitrogen and oxygen atoms in total. The first-order valence-corrected chi connectivity index (χ1v) is 43.0. The van der Waals surface area contributed by atoms with Gasteiger partial charge >= 0.3 is 58.7 Å². The third kappa shape index (κ3) is 26.0. The molecule has 9 aromatic rings. The Bertz CT molecular complexity index is 5410. The van der Waals surface area contributed by atoms with Crippen molar-refractivity contribution < 1.29 is 206 Å². The predicted molar refractivity (Wildman–Crippen MR) is 397 cm³/mol. The lowest BCUT2D eigenvalue weighted by molar-refractivity contribution is -0.374. The first-order valence-electron chi connectivity index (χ1n) is 35.1. The molecule has 708 valence electrons. The second kappa shape index (κ2) is 41.1. The molecule has 0 saturated heterocycles. The summed E-state index contributed by atoms with van der Waals surface area (Å²) in [5.41, 5.74) is -15.3. The summed E-state index contributed by atoms with van der Waals surface area (Å²) in [7, 11) is -21.9. The molecule has 5 atom stereocenters. The number of aliphatic hydroxyl groups is 3. The Morgan fingerprint density at radius 1 is 0.271 bits per heavy atom. The molecule has 0 aromatic heterocycles. The van der Waals surface area contributed by atoms with E-state index in [4.69, 9.17) is 14.2 Å². The van der Waals surface area contributed by atoms with E-state index in [0.717, 1.165) is 41.3 Å². The number of ether oxygens (including phenoxy) is 6. The van der Waals surface area contributed by atoms with Gasteiger partial charge in [-0.2, -0.15) is 114 Å². The molecule has 0 aliphatic rings. The van der Waals surface area contributed by atoms with Crippen LogP contribution >= 0.6 is 0 Å². The molecule has 9 aromatic carbocycles. The van der Waals surface area contributed by atoms with Crippen molar-refractivity contribution in [2.24, 2.45) is 0 Å². The van der Waals surface area contributed by atoms with Crippen LogP contribution in [0.1, 0.15) is 12.8 Å². The molecule has 0 heterocycles. The molecule has 0 fully saturated rings. The van der Waals surface area contributed by atoms with Crippen molar-refractivity contribution in [3.05, 3.63) is 237 Å². The number of alkyl halides is 28. The molecule has 0 spiro atoms. The summed E-state index contributed by atoms with van der Waals surface area (Å²) >= 11 is 0. The fourth-order valence-corrected chi connectivity index (χ4v) is 17.6. The Kier molecular flexibility index (Phi) is 33.9. The van der Waals surface area contributed by atoms with Crippen LogP contribution in [-0.2, 0) is 63.0 Å². The minimum absolute atomic E-state index is 0.0833. The van der Waals surface area contributed by atoms with Gasteiger partial charge < -0.3 is 57.4 Å². The van der Waals surface area contributed by atoms with E-state index in [-0.39, 0.29) is 23.0 Å². The highest BCUT2D eigenvalue weighted by atomic mass is 32.2. The molecule has 5 unspecified atom stereocenters. The zero-order chi connectivity index (χ0) is 97.0. The summed E-state index contributed by atoms with van der Waals surface area (Å²) in [6.07, 6.45) is -46.0. The van der Waals surface area contributed by atoms with Crippen LogP contribution in [0.3, 0.4) is 0 Å². The topological polar surface area (TPSA) is 288 Å². The van der Waals surface area contributed by atoms with Crippen LogP contribution in [0.2, 0.25) is 0 Å². The lowest BCUT2D eigenvalue weighted by atomic mass is 10.0. The van der Waals surface area contributed by atoms with E-state index in [1.54, 1.807) is 103 Å². The van der Waals surface area contributed by atoms with Crippen LogP contribution in [0.4, 0.5) is 123 Å². The van der Waals surface area contributed by atoms with E-state index in [1.165, 1.54) is 97.1 Å². The van der Waals surface area contributed by atoms with E-state index >= 15 is 0 Å². The number of hydrogen-bond donors (Lipinski definition) is 3. The summed E-state index contributed by atoms with van der Waals surface area (Å²) in [6, 6.07) is 57.6. The number of benzene rings is 9. The minimum Gasteiger partial charge on any atom is -0.743 e. The summed E-state index contributed by atoms with van der Waals surface area (Å²) in [6.45, 7) is -9.63. The van der Waals surface area contributed by atoms with Crippen LogP contribution in [0.5, 0.6) is 34.5 Å². The van der Waals surface area contributed by atoms with Gasteiger partial charge in [0.25, 0.3) is 16.8 Å². The van der Waals surface area contributed by atoms with Crippen LogP contribution in [0, 0.1) is 0 Å². The maximum absolute atomic E-state index is 13.7. The molecular formula is C77H60F28O18S6. The van der Waals surface area contributed by atoms with Crippen molar-refractivity contribution in [3.8, 4) is 34.5 Å². The molecule has 0 radical (unpaired) electrons. The van der Waals surface area contributed by atoms with Gasteiger partial charge in [-0.3, -0.25) is 0 Å². The number of hydrogen-bond acceptors (Lipinski definition) is 18. The third-order valence-corrected chi connectivity index (χ3v) is 26.8. The van der Waals surface area contributed by atoms with Crippen LogP contribution in [0.15, 0.2) is 281 Å². The van der Waals surface area contributed by atoms with E-state index in [9.17, 15) is 177 Å². The van der Waals surface area contributed by atoms with Crippen LogP contribution < -0.4 is 28.4 Å². The van der Waals surface area contributed by atoms with Crippen molar-refractivity contribution in [3.63, 3.8) is 0 Å². The molecule has 0 saturated carbocycles. The normalized spacial score (nSPS) is 14.6. The fourth-order valence-electron chi connectivity index (χ4n) is 10.1. The van der Waals surface area contributed by atoms with Crippen molar-refractivity contribution >= 4 is 63.0 Å². The van der Waals surface area contributed by atoms with Crippen molar-refractivity contribution in [2.75, 3.05) is 39.6 Å². The Morgan fingerprint density at radius 2 is 0.473 bits per heavy atom. The fraction of sp³-hybridized carbons (Fsp3) is 0.299. The minimum atomic E-state index is -6.64. The van der Waals surface area contributed by atoms with Gasteiger partial charge in [0.05, 0.1) is 52.3 Å². The summed E-state index contributed by atoms with van der Waals surface area (Å²) in [4.78, 5) is 5.43. The molecule has 0 bridgehead atoms. The van der Waals surface area contributed by atoms with Crippen LogP contribution in [-0.4, -0.2) is 182 Å². The van der Waals surface area contributed by atoms with Crippen molar-refractivity contribution in [1.82, 2.24) is 0 Å². The molecule has 0 aliphatic heterocycles. The van der Waals surface area contributed by atoms with Gasteiger partial charge in [0.2, 0.25) is 6.17 Å². The average Bonchev–Trinajstić information content (AvgIpc) is 0.773. The van der Waals surface area contributed by atoms with Gasteiger partial charge in [-0.1, -0.05) is 54.6 Å². The Labute approximate surface area is 720 Å². The zero-order valence-electron chi connectivity index (χ0n) is 63.8. The van der Waals surface area contributed by atoms with Gasteiger partial charge in [0.1, 0.15) is 60.9 Å². The van der Waals surface area contributed by atoms with Gasteiger partial charge in [-0.25, -0.2) is 34.0 Å². The van der Waals surface area contributed by atoms with Gasteiger partial charge in [-0.15, -0.1) is 0 Å². The van der Waals surface area contributed by atoms with Gasteiger partial charge in [0, 0.05) is 6.42 Å². The third-order valence-electron chi connectivity index (χ3n) is 17.3. The second-order valence-electron chi connectivity index (χ2n) is 26.3. The summed E-state index contributed by atoms with van der Waals surface area (Å²) in [5, 5.41) is 11.7. The highest BCUT2D eigenvalue weighted by Crippen LogP contribution is 2.49. The monoisotopic (exact) mass is 2000 g/mol. The highest BCUT2D eigenvalue weighted by molar-refractivity contribution is 7.97. The molecule has 52 heteroatoms. The van der Waals surface area contributed by atoms with Crippen molar-refractivity contribution in [2.45, 2.75) is 145 Å². The second-order valence-corrected chi connectivity index (χ2v) is 36.7. The Hall–Kier alpha value is -9.52. The maximum Gasteiger partial charge on any atom is 0.429 e. The highest BCUT2D eigenvalue weighted by Gasteiger charge is 2.74. The van der Waals surface area contributed by atoms with E-state index in [0.29, 0.717) is 39.2 Å². The average molecular weight is 2000 g/mol. The van der Waals surface area contributed by atoms with E-state index < -0.39 is 215 Å². The summed E-state index contributed by atoms with van der Waals surface area (Å²) in [5.74, 6) is -6.54. The van der Waals surface area contributed by atoms with E-state index in [1.807, 2.05) is 0 Å². The Balaban J connectivity index is 0.000000265. The number of rotatable bonds is 35. The first kappa shape index (κ1) is 107. The van der Waals surface area contributed by atoms with Gasteiger partial charge in [0.15, 0.2) is 80.6 Å².